The first kappa shape index (κ1) is 24.0. The second kappa shape index (κ2) is 12.4. The van der Waals surface area contributed by atoms with Crippen molar-refractivity contribution in [3.05, 3.63) is 65.4 Å². The maximum Gasteiger partial charge on any atom is 0.354 e. The van der Waals surface area contributed by atoms with Crippen LogP contribution in [0.25, 0.3) is 6.08 Å². The summed E-state index contributed by atoms with van der Waals surface area (Å²) in [4.78, 5) is 27.6. The van der Waals surface area contributed by atoms with E-state index in [4.69, 9.17) is 14.2 Å². The van der Waals surface area contributed by atoms with Crippen LogP contribution in [0.4, 0.5) is 0 Å². The molecule has 0 saturated heterocycles. The summed E-state index contributed by atoms with van der Waals surface area (Å²) >= 11 is 0. The highest BCUT2D eigenvalue weighted by atomic mass is 16.5. The number of esters is 1. The lowest BCUT2D eigenvalue weighted by Gasteiger charge is -2.18. The third-order valence-corrected chi connectivity index (χ3v) is 4.76. The van der Waals surface area contributed by atoms with Crippen LogP contribution in [0.1, 0.15) is 29.8 Å². The predicted octanol–water partition coefficient (Wildman–Crippen LogP) is 3.36. The number of likely N-dealkylation sites (N-methyl/N-ethyl adjacent to an activating group) is 1. The molecule has 1 amide bonds. The Morgan fingerprint density at radius 3 is 2.26 bits per heavy atom. The molecular formula is C24H30N2O5. The first-order chi connectivity index (χ1) is 15.0. The molecule has 0 aliphatic rings. The van der Waals surface area contributed by atoms with Crippen molar-refractivity contribution in [2.45, 2.75) is 13.8 Å². The molecule has 2 aromatic carbocycles. The Bertz CT molecular complexity index is 892. The SMILES string of the molecule is CCN(CC)CCOC(=O)C(=Cc1ccc(OC)c(OC)c1)NC(=O)c1ccccc1. The smallest absolute Gasteiger partial charge is 0.354 e. The van der Waals surface area contributed by atoms with Crippen molar-refractivity contribution in [3.8, 4) is 11.5 Å². The van der Waals surface area contributed by atoms with Gasteiger partial charge in [0.2, 0.25) is 0 Å². The van der Waals surface area contributed by atoms with Crippen LogP contribution < -0.4 is 14.8 Å². The summed E-state index contributed by atoms with van der Waals surface area (Å²) in [5.41, 5.74) is 1.14. The van der Waals surface area contributed by atoms with Gasteiger partial charge in [0.15, 0.2) is 11.5 Å². The summed E-state index contributed by atoms with van der Waals surface area (Å²) in [5, 5.41) is 2.68. The zero-order valence-corrected chi connectivity index (χ0v) is 18.5. The van der Waals surface area contributed by atoms with Crippen molar-refractivity contribution in [1.29, 1.82) is 0 Å². The molecule has 0 radical (unpaired) electrons. The fourth-order valence-corrected chi connectivity index (χ4v) is 2.92. The van der Waals surface area contributed by atoms with Gasteiger partial charge in [-0.25, -0.2) is 4.79 Å². The van der Waals surface area contributed by atoms with Gasteiger partial charge in [-0.3, -0.25) is 4.79 Å². The molecule has 2 rings (SSSR count). The van der Waals surface area contributed by atoms with Gasteiger partial charge in [0.1, 0.15) is 12.3 Å². The number of benzene rings is 2. The van der Waals surface area contributed by atoms with Gasteiger partial charge in [-0.2, -0.15) is 0 Å². The van der Waals surface area contributed by atoms with Gasteiger partial charge >= 0.3 is 5.97 Å². The molecule has 0 aliphatic heterocycles. The second-order valence-electron chi connectivity index (χ2n) is 6.66. The Balaban J connectivity index is 2.25. The highest BCUT2D eigenvalue weighted by Crippen LogP contribution is 2.28. The fourth-order valence-electron chi connectivity index (χ4n) is 2.92. The fraction of sp³-hybridized carbons (Fsp3) is 0.333. The lowest BCUT2D eigenvalue weighted by atomic mass is 10.1. The molecule has 0 atom stereocenters. The minimum Gasteiger partial charge on any atom is -0.493 e. The predicted molar refractivity (Wildman–Crippen MR) is 120 cm³/mol. The van der Waals surface area contributed by atoms with E-state index in [0.29, 0.717) is 29.2 Å². The number of nitrogens with one attached hydrogen (secondary N) is 1. The zero-order chi connectivity index (χ0) is 22.6. The van der Waals surface area contributed by atoms with E-state index in [9.17, 15) is 9.59 Å². The van der Waals surface area contributed by atoms with Crippen LogP contribution in [0, 0.1) is 0 Å². The van der Waals surface area contributed by atoms with E-state index in [1.165, 1.54) is 7.11 Å². The number of ether oxygens (including phenoxy) is 3. The van der Waals surface area contributed by atoms with Crippen LogP contribution in [-0.4, -0.2) is 57.2 Å². The number of hydrogen-bond acceptors (Lipinski definition) is 6. The highest BCUT2D eigenvalue weighted by Gasteiger charge is 2.17. The molecule has 0 heterocycles. The van der Waals surface area contributed by atoms with E-state index in [0.717, 1.165) is 13.1 Å². The summed E-state index contributed by atoms with van der Waals surface area (Å²) in [6.45, 7) is 6.68. The summed E-state index contributed by atoms with van der Waals surface area (Å²) in [6, 6.07) is 13.9. The molecule has 0 saturated carbocycles. The third kappa shape index (κ3) is 7.15. The van der Waals surface area contributed by atoms with Crippen molar-refractivity contribution in [3.63, 3.8) is 0 Å². The van der Waals surface area contributed by atoms with Crippen molar-refractivity contribution >= 4 is 18.0 Å². The zero-order valence-electron chi connectivity index (χ0n) is 18.5. The average molecular weight is 427 g/mol. The van der Waals surface area contributed by atoms with E-state index in [2.05, 4.69) is 10.2 Å². The maximum absolute atomic E-state index is 12.8. The van der Waals surface area contributed by atoms with E-state index >= 15 is 0 Å². The summed E-state index contributed by atoms with van der Waals surface area (Å²) in [6.07, 6.45) is 1.56. The van der Waals surface area contributed by atoms with Crippen LogP contribution in [0.5, 0.6) is 11.5 Å². The normalized spacial score (nSPS) is 11.2. The van der Waals surface area contributed by atoms with Crippen LogP contribution in [-0.2, 0) is 9.53 Å². The monoisotopic (exact) mass is 426 g/mol. The van der Waals surface area contributed by atoms with Crippen molar-refractivity contribution < 1.29 is 23.8 Å². The molecule has 0 aromatic heterocycles. The van der Waals surface area contributed by atoms with Crippen molar-refractivity contribution in [1.82, 2.24) is 10.2 Å². The van der Waals surface area contributed by atoms with Crippen LogP contribution in [0.15, 0.2) is 54.2 Å². The number of methoxy groups -OCH3 is 2. The largest absolute Gasteiger partial charge is 0.493 e. The van der Waals surface area contributed by atoms with E-state index < -0.39 is 11.9 Å². The van der Waals surface area contributed by atoms with Gasteiger partial charge in [-0.05, 0) is 49.0 Å². The average Bonchev–Trinajstić information content (AvgIpc) is 2.81. The molecule has 1 N–H and O–H groups in total. The molecule has 0 aliphatic carbocycles. The highest BCUT2D eigenvalue weighted by molar-refractivity contribution is 6.03. The molecule has 0 unspecified atom stereocenters. The van der Waals surface area contributed by atoms with Crippen LogP contribution in [0.2, 0.25) is 0 Å². The first-order valence-electron chi connectivity index (χ1n) is 10.2. The Hall–Kier alpha value is -3.32. The third-order valence-electron chi connectivity index (χ3n) is 4.76. The van der Waals surface area contributed by atoms with Gasteiger partial charge in [-0.15, -0.1) is 0 Å². The standard InChI is InChI=1S/C24H30N2O5/c1-5-26(6-2)14-15-31-24(28)20(25-23(27)19-10-8-7-9-11-19)16-18-12-13-21(29-3)22(17-18)30-4/h7-13,16-17H,5-6,14-15H2,1-4H3,(H,25,27). The lowest BCUT2D eigenvalue weighted by molar-refractivity contribution is -0.139. The van der Waals surface area contributed by atoms with Crippen LogP contribution in [0.3, 0.4) is 0 Å². The van der Waals surface area contributed by atoms with Gasteiger partial charge in [0.25, 0.3) is 5.91 Å². The van der Waals surface area contributed by atoms with Gasteiger partial charge in [0.05, 0.1) is 14.2 Å². The molecule has 0 fully saturated rings. The number of hydrogen-bond donors (Lipinski definition) is 1. The summed E-state index contributed by atoms with van der Waals surface area (Å²) in [5.74, 6) is 0.0791. The van der Waals surface area contributed by atoms with Gasteiger partial charge in [-0.1, -0.05) is 38.1 Å². The second-order valence-corrected chi connectivity index (χ2v) is 6.66. The van der Waals surface area contributed by atoms with Gasteiger partial charge in [0, 0.05) is 12.1 Å². The molecule has 31 heavy (non-hydrogen) atoms. The Kier molecular flexibility index (Phi) is 9.58. The van der Waals surface area contributed by atoms with Crippen molar-refractivity contribution in [2.24, 2.45) is 0 Å². The lowest BCUT2D eigenvalue weighted by Crippen LogP contribution is -2.31. The molecule has 166 valence electrons. The number of rotatable bonds is 11. The summed E-state index contributed by atoms with van der Waals surface area (Å²) < 4.78 is 16.0. The van der Waals surface area contributed by atoms with E-state index in [1.807, 2.05) is 19.9 Å². The Labute approximate surface area is 183 Å². The minimum atomic E-state index is -0.605. The maximum atomic E-state index is 12.8. The van der Waals surface area contributed by atoms with E-state index in [1.54, 1.807) is 55.7 Å². The quantitative estimate of drug-likeness (QED) is 0.439. The first-order valence-corrected chi connectivity index (χ1v) is 10.2. The van der Waals surface area contributed by atoms with Gasteiger partial charge < -0.3 is 24.4 Å². The molecule has 7 nitrogen and oxygen atoms in total. The molecule has 0 bridgehead atoms. The molecule has 0 spiro atoms. The minimum absolute atomic E-state index is 0.0422. The molecular weight excluding hydrogens is 396 g/mol. The Morgan fingerprint density at radius 1 is 0.968 bits per heavy atom. The number of carbonyl (C=O) groups excluding carboxylic acids is 2. The molecule has 7 heteroatoms. The molecule has 2 aromatic rings. The van der Waals surface area contributed by atoms with E-state index in [-0.39, 0.29) is 12.3 Å². The van der Waals surface area contributed by atoms with Crippen LogP contribution >= 0.6 is 0 Å². The Morgan fingerprint density at radius 2 is 1.65 bits per heavy atom. The number of amides is 1. The summed E-state index contributed by atoms with van der Waals surface area (Å²) in [7, 11) is 3.08. The number of carbonyl (C=O) groups is 2. The number of nitrogens with zero attached hydrogens (tertiary/aromatic N) is 1. The topological polar surface area (TPSA) is 77.1 Å². The van der Waals surface area contributed by atoms with Crippen molar-refractivity contribution in [2.75, 3.05) is 40.5 Å².